The Morgan fingerprint density at radius 2 is 1.67 bits per heavy atom. The van der Waals surface area contributed by atoms with Gasteiger partial charge in [-0.2, -0.15) is 0 Å². The van der Waals surface area contributed by atoms with Crippen molar-refractivity contribution in [2.24, 2.45) is 0 Å². The molecule has 0 fully saturated rings. The quantitative estimate of drug-likeness (QED) is 0.718. The number of hydrogen-bond donors (Lipinski definition) is 0. The zero-order valence-corrected chi connectivity index (χ0v) is 12.4. The summed E-state index contributed by atoms with van der Waals surface area (Å²) in [6.45, 7) is 5.15. The van der Waals surface area contributed by atoms with Crippen molar-refractivity contribution in [1.82, 2.24) is 15.0 Å². The summed E-state index contributed by atoms with van der Waals surface area (Å²) >= 11 is 0. The van der Waals surface area contributed by atoms with Gasteiger partial charge in [0.25, 0.3) is 0 Å². The van der Waals surface area contributed by atoms with E-state index >= 15 is 0 Å². The van der Waals surface area contributed by atoms with Crippen molar-refractivity contribution < 1.29 is 0 Å². The van der Waals surface area contributed by atoms with Gasteiger partial charge in [0.1, 0.15) is 5.69 Å². The van der Waals surface area contributed by atoms with E-state index in [1.165, 1.54) is 16.7 Å². The summed E-state index contributed by atoms with van der Waals surface area (Å²) in [5.74, 6) is 0.473. The average molecular weight is 277 g/mol. The average Bonchev–Trinajstić information content (AvgIpc) is 2.96. The molecule has 0 radical (unpaired) electrons. The second kappa shape index (κ2) is 5.92. The van der Waals surface area contributed by atoms with Crippen LogP contribution in [0.5, 0.6) is 0 Å². The Labute approximate surface area is 125 Å². The van der Waals surface area contributed by atoms with Crippen LogP contribution in [-0.4, -0.2) is 15.0 Å². The third kappa shape index (κ3) is 3.02. The molecule has 0 unspecified atom stereocenters. The van der Waals surface area contributed by atoms with E-state index in [0.717, 1.165) is 12.2 Å². The van der Waals surface area contributed by atoms with E-state index in [4.69, 9.17) is 0 Å². The van der Waals surface area contributed by atoms with Crippen LogP contribution >= 0.6 is 0 Å². The molecule has 1 aromatic heterocycles. The summed E-state index contributed by atoms with van der Waals surface area (Å²) in [5.41, 5.74) is 4.65. The van der Waals surface area contributed by atoms with Crippen molar-refractivity contribution in [3.8, 4) is 11.3 Å². The standard InChI is InChI=1S/C18H19N3/c1-14(2)16-10-6-7-11-17(16)18-13-21(20-19-18)12-15-8-4-3-5-9-15/h3-11,13-14H,12H2,1-2H3. The summed E-state index contributed by atoms with van der Waals surface area (Å²) in [4.78, 5) is 0. The molecule has 0 amide bonds. The van der Waals surface area contributed by atoms with Crippen molar-refractivity contribution in [1.29, 1.82) is 0 Å². The minimum Gasteiger partial charge on any atom is -0.247 e. The number of benzene rings is 2. The SMILES string of the molecule is CC(C)c1ccccc1-c1cn(Cc2ccccc2)nn1. The van der Waals surface area contributed by atoms with Gasteiger partial charge in [-0.25, -0.2) is 4.68 Å². The molecule has 1 heterocycles. The topological polar surface area (TPSA) is 30.7 Å². The number of rotatable bonds is 4. The van der Waals surface area contributed by atoms with Gasteiger partial charge >= 0.3 is 0 Å². The molecule has 3 aromatic rings. The van der Waals surface area contributed by atoms with Crippen LogP contribution in [0.2, 0.25) is 0 Å². The predicted molar refractivity (Wildman–Crippen MR) is 85.1 cm³/mol. The Morgan fingerprint density at radius 3 is 2.43 bits per heavy atom. The molecule has 0 bridgehead atoms. The highest BCUT2D eigenvalue weighted by Gasteiger charge is 2.11. The van der Waals surface area contributed by atoms with Gasteiger partial charge in [-0.3, -0.25) is 0 Å². The van der Waals surface area contributed by atoms with E-state index in [1.807, 2.05) is 29.1 Å². The summed E-state index contributed by atoms with van der Waals surface area (Å²) in [6, 6.07) is 18.7. The fourth-order valence-electron chi connectivity index (χ4n) is 2.50. The number of aromatic nitrogens is 3. The van der Waals surface area contributed by atoms with Gasteiger partial charge in [-0.1, -0.05) is 73.7 Å². The van der Waals surface area contributed by atoms with Gasteiger partial charge in [0, 0.05) is 5.56 Å². The van der Waals surface area contributed by atoms with Gasteiger partial charge in [-0.05, 0) is 17.0 Å². The Morgan fingerprint density at radius 1 is 0.952 bits per heavy atom. The van der Waals surface area contributed by atoms with Crippen LogP contribution in [0.3, 0.4) is 0 Å². The van der Waals surface area contributed by atoms with Crippen molar-refractivity contribution in [3.63, 3.8) is 0 Å². The first-order chi connectivity index (χ1) is 10.2. The molecule has 0 saturated heterocycles. The molecular weight excluding hydrogens is 258 g/mol. The van der Waals surface area contributed by atoms with Crippen molar-refractivity contribution in [3.05, 3.63) is 71.9 Å². The summed E-state index contributed by atoms with van der Waals surface area (Å²) in [6.07, 6.45) is 2.02. The molecule has 0 aliphatic heterocycles. The molecule has 0 N–H and O–H groups in total. The first-order valence-corrected chi connectivity index (χ1v) is 7.27. The van der Waals surface area contributed by atoms with Gasteiger partial charge in [0.15, 0.2) is 0 Å². The third-order valence-electron chi connectivity index (χ3n) is 3.58. The zero-order valence-electron chi connectivity index (χ0n) is 12.4. The first-order valence-electron chi connectivity index (χ1n) is 7.27. The Bertz CT molecular complexity index is 714. The molecule has 0 saturated carbocycles. The van der Waals surface area contributed by atoms with Crippen molar-refractivity contribution >= 4 is 0 Å². The molecule has 21 heavy (non-hydrogen) atoms. The highest BCUT2D eigenvalue weighted by molar-refractivity contribution is 5.63. The maximum Gasteiger partial charge on any atom is 0.113 e. The molecule has 0 aliphatic rings. The van der Waals surface area contributed by atoms with Gasteiger partial charge < -0.3 is 0 Å². The van der Waals surface area contributed by atoms with E-state index in [2.05, 4.69) is 60.6 Å². The van der Waals surface area contributed by atoms with Crippen molar-refractivity contribution in [2.45, 2.75) is 26.3 Å². The fraction of sp³-hybridized carbons (Fsp3) is 0.222. The number of hydrogen-bond acceptors (Lipinski definition) is 2. The van der Waals surface area contributed by atoms with E-state index in [9.17, 15) is 0 Å². The van der Waals surface area contributed by atoms with Crippen LogP contribution in [0.4, 0.5) is 0 Å². The van der Waals surface area contributed by atoms with E-state index in [-0.39, 0.29) is 0 Å². The monoisotopic (exact) mass is 277 g/mol. The van der Waals surface area contributed by atoms with Crippen LogP contribution in [0.1, 0.15) is 30.9 Å². The van der Waals surface area contributed by atoms with E-state index in [1.54, 1.807) is 0 Å². The molecule has 3 rings (SSSR count). The van der Waals surface area contributed by atoms with Gasteiger partial charge in [0.2, 0.25) is 0 Å². The lowest BCUT2D eigenvalue weighted by Gasteiger charge is -2.09. The molecule has 2 aromatic carbocycles. The zero-order chi connectivity index (χ0) is 14.7. The van der Waals surface area contributed by atoms with Crippen LogP contribution < -0.4 is 0 Å². The van der Waals surface area contributed by atoms with Crippen molar-refractivity contribution in [2.75, 3.05) is 0 Å². The molecule has 3 heteroatoms. The van der Waals surface area contributed by atoms with Crippen LogP contribution in [-0.2, 0) is 6.54 Å². The maximum atomic E-state index is 4.34. The van der Waals surface area contributed by atoms with Gasteiger partial charge in [-0.15, -0.1) is 5.10 Å². The smallest absolute Gasteiger partial charge is 0.113 e. The lowest BCUT2D eigenvalue weighted by molar-refractivity contribution is 0.650. The normalized spacial score (nSPS) is 11.0. The predicted octanol–water partition coefficient (Wildman–Crippen LogP) is 4.12. The summed E-state index contributed by atoms with van der Waals surface area (Å²) < 4.78 is 1.89. The number of nitrogens with zero attached hydrogens (tertiary/aromatic N) is 3. The lowest BCUT2D eigenvalue weighted by Crippen LogP contribution is -1.99. The lowest BCUT2D eigenvalue weighted by atomic mass is 9.96. The van der Waals surface area contributed by atoms with Crippen LogP contribution in [0, 0.1) is 0 Å². The molecule has 0 atom stereocenters. The minimum atomic E-state index is 0.473. The first kappa shape index (κ1) is 13.6. The second-order valence-corrected chi connectivity index (χ2v) is 5.53. The molecule has 0 aliphatic carbocycles. The molecular formula is C18H19N3. The summed E-state index contributed by atoms with van der Waals surface area (Å²) in [7, 11) is 0. The molecule has 3 nitrogen and oxygen atoms in total. The largest absolute Gasteiger partial charge is 0.247 e. The Hall–Kier alpha value is -2.42. The van der Waals surface area contributed by atoms with E-state index in [0.29, 0.717) is 5.92 Å². The highest BCUT2D eigenvalue weighted by atomic mass is 15.4. The fourth-order valence-corrected chi connectivity index (χ4v) is 2.50. The molecule has 0 spiro atoms. The van der Waals surface area contributed by atoms with Crippen LogP contribution in [0.15, 0.2) is 60.8 Å². The Balaban J connectivity index is 1.89. The summed E-state index contributed by atoms with van der Waals surface area (Å²) in [5, 5.41) is 8.59. The maximum absolute atomic E-state index is 4.34. The Kier molecular flexibility index (Phi) is 3.82. The third-order valence-corrected chi connectivity index (χ3v) is 3.58. The molecule has 106 valence electrons. The van der Waals surface area contributed by atoms with Gasteiger partial charge in [0.05, 0.1) is 12.7 Å². The van der Waals surface area contributed by atoms with Crippen LogP contribution in [0.25, 0.3) is 11.3 Å². The van der Waals surface area contributed by atoms with E-state index < -0.39 is 0 Å². The minimum absolute atomic E-state index is 0.473. The second-order valence-electron chi connectivity index (χ2n) is 5.53. The highest BCUT2D eigenvalue weighted by Crippen LogP contribution is 2.27.